The highest BCUT2D eigenvalue weighted by molar-refractivity contribution is 5.95. The lowest BCUT2D eigenvalue weighted by molar-refractivity contribution is 0.195. The summed E-state index contributed by atoms with van der Waals surface area (Å²) < 4.78 is 0. The third-order valence-electron chi connectivity index (χ3n) is 5.71. The molecule has 7 heteroatoms. The fourth-order valence-corrected chi connectivity index (χ4v) is 3.86. The van der Waals surface area contributed by atoms with E-state index < -0.39 is 0 Å². The minimum atomic E-state index is 0.0565. The van der Waals surface area contributed by atoms with Crippen molar-refractivity contribution in [2.75, 3.05) is 42.9 Å². The predicted molar refractivity (Wildman–Crippen MR) is 136 cm³/mol. The van der Waals surface area contributed by atoms with E-state index in [1.807, 2.05) is 47.9 Å². The van der Waals surface area contributed by atoms with Gasteiger partial charge in [-0.15, -0.1) is 0 Å². The molecule has 3 rings (SSSR count). The summed E-state index contributed by atoms with van der Waals surface area (Å²) in [7, 11) is 0. The van der Waals surface area contributed by atoms with Gasteiger partial charge in [0.2, 0.25) is 0 Å². The van der Waals surface area contributed by atoms with Gasteiger partial charge in [-0.3, -0.25) is 10.3 Å². The van der Waals surface area contributed by atoms with Crippen molar-refractivity contribution in [1.29, 1.82) is 5.41 Å². The molecule has 2 aromatic carbocycles. The van der Waals surface area contributed by atoms with Gasteiger partial charge in [-0.25, -0.2) is 4.79 Å². The van der Waals surface area contributed by atoms with E-state index >= 15 is 0 Å². The summed E-state index contributed by atoms with van der Waals surface area (Å²) in [6.45, 7) is 11.8. The number of amides is 2. The van der Waals surface area contributed by atoms with Crippen LogP contribution in [0, 0.1) is 31.1 Å². The van der Waals surface area contributed by atoms with Gasteiger partial charge in [0.05, 0.1) is 6.54 Å². The molecule has 2 amide bonds. The van der Waals surface area contributed by atoms with Crippen molar-refractivity contribution in [2.24, 2.45) is 5.73 Å². The van der Waals surface area contributed by atoms with E-state index in [2.05, 4.69) is 48.5 Å². The fourth-order valence-electron chi connectivity index (χ4n) is 3.86. The maximum atomic E-state index is 13.3. The Morgan fingerprint density at radius 1 is 1.18 bits per heavy atom. The molecule has 0 atom stereocenters. The van der Waals surface area contributed by atoms with E-state index in [9.17, 15) is 4.79 Å². The first-order chi connectivity index (χ1) is 15.8. The van der Waals surface area contributed by atoms with Gasteiger partial charge in [-0.05, 0) is 75.2 Å². The van der Waals surface area contributed by atoms with Crippen LogP contribution in [0.4, 0.5) is 16.2 Å². The van der Waals surface area contributed by atoms with E-state index in [0.29, 0.717) is 12.1 Å². The van der Waals surface area contributed by atoms with Gasteiger partial charge in [0.25, 0.3) is 0 Å². The van der Waals surface area contributed by atoms with Crippen molar-refractivity contribution in [3.05, 3.63) is 58.7 Å². The molecule has 0 saturated carbocycles. The molecule has 0 aliphatic carbocycles. The number of rotatable bonds is 5. The largest absolute Gasteiger partial charge is 0.384 e. The number of amidine groups is 1. The average molecular weight is 447 g/mol. The minimum absolute atomic E-state index is 0.0565. The first-order valence-corrected chi connectivity index (χ1v) is 11.3. The van der Waals surface area contributed by atoms with Crippen LogP contribution in [0.1, 0.15) is 36.1 Å². The number of anilines is 2. The Labute approximate surface area is 196 Å². The standard InChI is InChI=1S/C26H34N6O/c1-18(2)32(26(33)31-14-12-29-13-15-31)24-17-19(3)22(16-20(24)4)6-5-11-30-23-9-7-21(8-10-23)25(27)28/h7-10,16-18,29-30H,11-15H2,1-4H3,(H3,27,28). The van der Waals surface area contributed by atoms with E-state index in [4.69, 9.17) is 11.1 Å². The second-order valence-corrected chi connectivity index (χ2v) is 8.58. The molecule has 174 valence electrons. The molecule has 1 aliphatic heterocycles. The number of nitrogens with zero attached hydrogens (tertiary/aromatic N) is 2. The van der Waals surface area contributed by atoms with Gasteiger partial charge in [-0.1, -0.05) is 11.8 Å². The van der Waals surface area contributed by atoms with Crippen LogP contribution in [0.25, 0.3) is 0 Å². The summed E-state index contributed by atoms with van der Waals surface area (Å²) in [5, 5.41) is 14.0. The summed E-state index contributed by atoms with van der Waals surface area (Å²) in [5.41, 5.74) is 11.1. The molecule has 0 spiro atoms. The number of nitrogens with two attached hydrogens (primary N) is 1. The number of carbonyl (C=O) groups excluding carboxylic acids is 1. The Bertz CT molecular complexity index is 1060. The Morgan fingerprint density at radius 3 is 2.45 bits per heavy atom. The van der Waals surface area contributed by atoms with Crippen LogP contribution in [0.5, 0.6) is 0 Å². The maximum absolute atomic E-state index is 13.3. The van der Waals surface area contributed by atoms with Gasteiger partial charge in [-0.2, -0.15) is 0 Å². The molecule has 0 bridgehead atoms. The van der Waals surface area contributed by atoms with E-state index in [1.165, 1.54) is 0 Å². The molecule has 1 heterocycles. The molecule has 7 nitrogen and oxygen atoms in total. The van der Waals surface area contributed by atoms with Gasteiger partial charge in [0.15, 0.2) is 0 Å². The third-order valence-corrected chi connectivity index (χ3v) is 5.71. The lowest BCUT2D eigenvalue weighted by Crippen LogP contribution is -2.53. The highest BCUT2D eigenvalue weighted by Crippen LogP contribution is 2.27. The SMILES string of the molecule is Cc1cc(N(C(=O)N2CCNCC2)C(C)C)c(C)cc1C#CCNc1ccc(C(=N)N)cc1. The summed E-state index contributed by atoms with van der Waals surface area (Å²) in [6, 6.07) is 11.7. The molecule has 0 radical (unpaired) electrons. The van der Waals surface area contributed by atoms with Gasteiger partial charge in [0.1, 0.15) is 5.84 Å². The highest BCUT2D eigenvalue weighted by atomic mass is 16.2. The number of carbonyl (C=O) groups is 1. The number of nitrogens with one attached hydrogen (secondary N) is 3. The van der Waals surface area contributed by atoms with Crippen molar-refractivity contribution >= 4 is 23.2 Å². The third kappa shape index (κ3) is 6.05. The van der Waals surface area contributed by atoms with Gasteiger partial charge >= 0.3 is 6.03 Å². The molecule has 0 unspecified atom stereocenters. The minimum Gasteiger partial charge on any atom is -0.384 e. The van der Waals surface area contributed by atoms with Gasteiger partial charge < -0.3 is 21.3 Å². The number of nitrogen functional groups attached to an aromatic ring is 1. The number of urea groups is 1. The van der Waals surface area contributed by atoms with Crippen molar-refractivity contribution in [3.8, 4) is 11.8 Å². The number of aryl methyl sites for hydroxylation is 2. The first-order valence-electron chi connectivity index (χ1n) is 11.3. The van der Waals surface area contributed by atoms with E-state index in [0.717, 1.165) is 54.2 Å². The van der Waals surface area contributed by atoms with Gasteiger partial charge in [0, 0.05) is 54.7 Å². The lowest BCUT2D eigenvalue weighted by Gasteiger charge is -2.36. The molecular weight excluding hydrogens is 412 g/mol. The van der Waals surface area contributed by atoms with Crippen molar-refractivity contribution < 1.29 is 4.79 Å². The summed E-state index contributed by atoms with van der Waals surface area (Å²) >= 11 is 0. The molecule has 1 aliphatic rings. The fraction of sp³-hybridized carbons (Fsp3) is 0.385. The van der Waals surface area contributed by atoms with Crippen molar-refractivity contribution in [3.63, 3.8) is 0 Å². The zero-order chi connectivity index (χ0) is 24.0. The van der Waals surface area contributed by atoms with Crippen LogP contribution in [-0.2, 0) is 0 Å². The Hall–Kier alpha value is -3.50. The average Bonchev–Trinajstić information content (AvgIpc) is 2.80. The van der Waals surface area contributed by atoms with Crippen LogP contribution in [0.15, 0.2) is 36.4 Å². The number of piperazine rings is 1. The Balaban J connectivity index is 1.72. The monoisotopic (exact) mass is 446 g/mol. The van der Waals surface area contributed by atoms with Crippen LogP contribution in [0.2, 0.25) is 0 Å². The highest BCUT2D eigenvalue weighted by Gasteiger charge is 2.27. The Kier molecular flexibility index (Phi) is 7.96. The molecule has 1 saturated heterocycles. The second-order valence-electron chi connectivity index (χ2n) is 8.58. The summed E-state index contributed by atoms with van der Waals surface area (Å²) in [4.78, 5) is 17.1. The number of benzene rings is 2. The normalized spacial score (nSPS) is 13.3. The second kappa shape index (κ2) is 10.9. The predicted octanol–water partition coefficient (Wildman–Crippen LogP) is 3.29. The van der Waals surface area contributed by atoms with Crippen molar-refractivity contribution in [2.45, 2.75) is 33.7 Å². The molecule has 33 heavy (non-hydrogen) atoms. The van der Waals surface area contributed by atoms with Crippen molar-refractivity contribution in [1.82, 2.24) is 10.2 Å². The summed E-state index contributed by atoms with van der Waals surface area (Å²) in [6.07, 6.45) is 0. The topological polar surface area (TPSA) is 97.5 Å². The first kappa shape index (κ1) is 24.1. The summed E-state index contributed by atoms with van der Waals surface area (Å²) in [5.74, 6) is 6.49. The molecule has 5 N–H and O–H groups in total. The lowest BCUT2D eigenvalue weighted by atomic mass is 10.0. The van der Waals surface area contributed by atoms with Crippen LogP contribution >= 0.6 is 0 Å². The van der Waals surface area contributed by atoms with E-state index in [-0.39, 0.29) is 17.9 Å². The Morgan fingerprint density at radius 2 is 1.85 bits per heavy atom. The smallest absolute Gasteiger partial charge is 0.324 e. The molecule has 2 aromatic rings. The zero-order valence-corrected chi connectivity index (χ0v) is 20.0. The zero-order valence-electron chi connectivity index (χ0n) is 20.0. The van der Waals surface area contributed by atoms with E-state index in [1.54, 1.807) is 0 Å². The van der Waals surface area contributed by atoms with Crippen LogP contribution < -0.4 is 21.3 Å². The number of hydrogen-bond donors (Lipinski definition) is 4. The maximum Gasteiger partial charge on any atom is 0.324 e. The van der Waals surface area contributed by atoms with Crippen LogP contribution in [0.3, 0.4) is 0 Å². The molecule has 0 aromatic heterocycles. The molecular formula is C26H34N6O. The number of hydrogen-bond acceptors (Lipinski definition) is 4. The van der Waals surface area contributed by atoms with Crippen LogP contribution in [-0.4, -0.2) is 55.5 Å². The molecule has 1 fully saturated rings. The quantitative estimate of drug-likeness (QED) is 0.322.